The van der Waals surface area contributed by atoms with Gasteiger partial charge in [-0.2, -0.15) is 0 Å². The van der Waals surface area contributed by atoms with Gasteiger partial charge in [-0.1, -0.05) is 31.2 Å². The fraction of sp³-hybridized carbons (Fsp3) is 0.200. The molecule has 0 N–H and O–H groups in total. The number of ether oxygens (including phenoxy) is 1. The van der Waals surface area contributed by atoms with Gasteiger partial charge in [0.25, 0.3) is 0 Å². The predicted molar refractivity (Wildman–Crippen MR) is 70.2 cm³/mol. The van der Waals surface area contributed by atoms with Crippen LogP contribution in [0.5, 0.6) is 0 Å². The van der Waals surface area contributed by atoms with Gasteiger partial charge in [0, 0.05) is 11.8 Å². The van der Waals surface area contributed by atoms with E-state index in [9.17, 15) is 4.79 Å². The molecule has 1 aromatic carbocycles. The summed E-state index contributed by atoms with van der Waals surface area (Å²) in [4.78, 5) is 16.2. The Kier molecular flexibility index (Phi) is 4.07. The van der Waals surface area contributed by atoms with Crippen molar-refractivity contribution in [3.05, 3.63) is 54.2 Å². The van der Waals surface area contributed by atoms with Crippen LogP contribution in [0.15, 0.2) is 48.7 Å². The Hall–Kier alpha value is -2.16. The number of esters is 1. The van der Waals surface area contributed by atoms with Gasteiger partial charge in [-0.15, -0.1) is 0 Å². The van der Waals surface area contributed by atoms with Crippen LogP contribution >= 0.6 is 0 Å². The Morgan fingerprint density at radius 2 is 1.94 bits per heavy atom. The minimum Gasteiger partial charge on any atom is -0.462 e. The Balaban J connectivity index is 2.34. The molecule has 1 heterocycles. The highest BCUT2D eigenvalue weighted by atomic mass is 16.5. The number of carbonyl (C=O) groups excluding carboxylic acids is 1. The summed E-state index contributed by atoms with van der Waals surface area (Å²) in [6.45, 7) is 2.41. The fourth-order valence-corrected chi connectivity index (χ4v) is 1.68. The molecule has 0 saturated heterocycles. The van der Waals surface area contributed by atoms with E-state index in [0.717, 1.165) is 17.7 Å². The lowest BCUT2D eigenvalue weighted by atomic mass is 10.0. The van der Waals surface area contributed by atoms with Crippen molar-refractivity contribution in [3.8, 4) is 11.3 Å². The van der Waals surface area contributed by atoms with Crippen molar-refractivity contribution >= 4 is 5.97 Å². The van der Waals surface area contributed by atoms with Crippen LogP contribution < -0.4 is 0 Å². The highest BCUT2D eigenvalue weighted by molar-refractivity contribution is 5.96. The molecule has 0 saturated carbocycles. The number of pyridine rings is 1. The smallest absolute Gasteiger partial charge is 0.338 e. The van der Waals surface area contributed by atoms with Gasteiger partial charge in [0.05, 0.1) is 17.9 Å². The molecule has 0 radical (unpaired) electrons. The molecule has 0 fully saturated rings. The van der Waals surface area contributed by atoms with Gasteiger partial charge >= 0.3 is 5.97 Å². The fourth-order valence-electron chi connectivity index (χ4n) is 1.68. The predicted octanol–water partition coefficient (Wildman–Crippen LogP) is 3.32. The van der Waals surface area contributed by atoms with Crippen LogP contribution in [0.25, 0.3) is 11.3 Å². The summed E-state index contributed by atoms with van der Waals surface area (Å²) in [6.07, 6.45) is 2.53. The second kappa shape index (κ2) is 5.96. The van der Waals surface area contributed by atoms with Crippen LogP contribution in [0.3, 0.4) is 0 Å². The van der Waals surface area contributed by atoms with Crippen molar-refractivity contribution in [3.63, 3.8) is 0 Å². The monoisotopic (exact) mass is 241 g/mol. The van der Waals surface area contributed by atoms with E-state index in [4.69, 9.17) is 4.74 Å². The molecule has 0 unspecified atom stereocenters. The third kappa shape index (κ3) is 2.74. The van der Waals surface area contributed by atoms with Crippen LogP contribution in [0.4, 0.5) is 0 Å². The molecule has 0 amide bonds. The van der Waals surface area contributed by atoms with Crippen LogP contribution in [-0.4, -0.2) is 17.6 Å². The molecule has 92 valence electrons. The maximum atomic E-state index is 11.9. The van der Waals surface area contributed by atoms with Crippen molar-refractivity contribution in [1.82, 2.24) is 4.98 Å². The Labute approximate surface area is 106 Å². The number of aromatic nitrogens is 1. The minimum atomic E-state index is -0.293. The van der Waals surface area contributed by atoms with E-state index in [-0.39, 0.29) is 5.97 Å². The summed E-state index contributed by atoms with van der Waals surface area (Å²) in [5.41, 5.74) is 2.14. The summed E-state index contributed by atoms with van der Waals surface area (Å²) < 4.78 is 5.17. The van der Waals surface area contributed by atoms with Crippen molar-refractivity contribution in [1.29, 1.82) is 0 Å². The molecule has 0 aliphatic rings. The lowest BCUT2D eigenvalue weighted by molar-refractivity contribution is 0.0506. The Bertz CT molecular complexity index is 523. The van der Waals surface area contributed by atoms with Crippen molar-refractivity contribution < 1.29 is 9.53 Å². The van der Waals surface area contributed by atoms with Crippen LogP contribution in [0.2, 0.25) is 0 Å². The Morgan fingerprint density at radius 1 is 1.17 bits per heavy atom. The summed E-state index contributed by atoms with van der Waals surface area (Å²) in [7, 11) is 0. The summed E-state index contributed by atoms with van der Waals surface area (Å²) in [6, 6.07) is 13.0. The maximum absolute atomic E-state index is 11.9. The lowest BCUT2D eigenvalue weighted by Crippen LogP contribution is -2.07. The second-order valence-corrected chi connectivity index (χ2v) is 3.90. The largest absolute Gasteiger partial charge is 0.462 e. The molecule has 0 spiro atoms. The molecule has 2 rings (SSSR count). The topological polar surface area (TPSA) is 39.2 Å². The van der Waals surface area contributed by atoms with Gasteiger partial charge in [-0.3, -0.25) is 4.98 Å². The molecular formula is C15H15NO2. The van der Waals surface area contributed by atoms with Gasteiger partial charge in [0.15, 0.2) is 0 Å². The summed E-state index contributed by atoms with van der Waals surface area (Å²) in [5, 5.41) is 0. The molecule has 0 aliphatic heterocycles. The zero-order valence-corrected chi connectivity index (χ0v) is 10.3. The third-order valence-electron chi connectivity index (χ3n) is 2.53. The quantitative estimate of drug-likeness (QED) is 0.771. The highest BCUT2D eigenvalue weighted by Gasteiger charge is 2.13. The molecule has 2 aromatic rings. The van der Waals surface area contributed by atoms with Crippen LogP contribution in [-0.2, 0) is 4.74 Å². The van der Waals surface area contributed by atoms with Crippen molar-refractivity contribution in [2.24, 2.45) is 0 Å². The van der Waals surface area contributed by atoms with E-state index in [1.807, 2.05) is 43.3 Å². The van der Waals surface area contributed by atoms with Gasteiger partial charge in [0.2, 0.25) is 0 Å². The van der Waals surface area contributed by atoms with E-state index in [0.29, 0.717) is 12.2 Å². The first-order chi connectivity index (χ1) is 8.83. The summed E-state index contributed by atoms with van der Waals surface area (Å²) >= 11 is 0. The molecule has 18 heavy (non-hydrogen) atoms. The van der Waals surface area contributed by atoms with Gasteiger partial charge < -0.3 is 4.74 Å². The van der Waals surface area contributed by atoms with E-state index >= 15 is 0 Å². The van der Waals surface area contributed by atoms with E-state index in [1.165, 1.54) is 0 Å². The third-order valence-corrected chi connectivity index (χ3v) is 2.53. The average Bonchev–Trinajstić information content (AvgIpc) is 2.45. The van der Waals surface area contributed by atoms with Crippen molar-refractivity contribution in [2.45, 2.75) is 13.3 Å². The first-order valence-electron chi connectivity index (χ1n) is 6.00. The highest BCUT2D eigenvalue weighted by Crippen LogP contribution is 2.21. The normalized spacial score (nSPS) is 10.1. The molecule has 3 nitrogen and oxygen atoms in total. The van der Waals surface area contributed by atoms with Crippen LogP contribution in [0, 0.1) is 0 Å². The molecule has 3 heteroatoms. The number of hydrogen-bond acceptors (Lipinski definition) is 3. The molecule has 0 bridgehead atoms. The van der Waals surface area contributed by atoms with Crippen LogP contribution in [0.1, 0.15) is 23.7 Å². The zero-order chi connectivity index (χ0) is 12.8. The maximum Gasteiger partial charge on any atom is 0.338 e. The average molecular weight is 241 g/mol. The second-order valence-electron chi connectivity index (χ2n) is 3.90. The SMILES string of the molecule is CCCOC(=O)c1ccccc1-c1ccccn1. The van der Waals surface area contributed by atoms with E-state index in [1.54, 1.807) is 12.3 Å². The Morgan fingerprint density at radius 3 is 2.67 bits per heavy atom. The van der Waals surface area contributed by atoms with Gasteiger partial charge in [-0.05, 0) is 24.6 Å². The zero-order valence-electron chi connectivity index (χ0n) is 10.3. The first kappa shape index (κ1) is 12.3. The lowest BCUT2D eigenvalue weighted by Gasteiger charge is -2.08. The molecule has 1 aromatic heterocycles. The van der Waals surface area contributed by atoms with Crippen molar-refractivity contribution in [2.75, 3.05) is 6.61 Å². The summed E-state index contributed by atoms with van der Waals surface area (Å²) in [5.74, 6) is -0.293. The standard InChI is InChI=1S/C15H15NO2/c1-2-11-18-15(17)13-8-4-3-7-12(13)14-9-5-6-10-16-14/h3-10H,2,11H2,1H3. The number of carbonyl (C=O) groups is 1. The number of nitrogens with zero attached hydrogens (tertiary/aromatic N) is 1. The van der Waals surface area contributed by atoms with Gasteiger partial charge in [0.1, 0.15) is 0 Å². The molecular weight excluding hydrogens is 226 g/mol. The molecule has 0 atom stereocenters. The molecule has 0 aliphatic carbocycles. The van der Waals surface area contributed by atoms with Gasteiger partial charge in [-0.25, -0.2) is 4.79 Å². The number of benzene rings is 1. The van der Waals surface area contributed by atoms with E-state index in [2.05, 4.69) is 4.98 Å². The minimum absolute atomic E-state index is 0.293. The van der Waals surface area contributed by atoms with E-state index < -0.39 is 0 Å². The number of rotatable bonds is 4. The first-order valence-corrected chi connectivity index (χ1v) is 6.00. The number of hydrogen-bond donors (Lipinski definition) is 0.